The molecule has 9 nitrogen and oxygen atoms in total. The van der Waals surface area contributed by atoms with Gasteiger partial charge in [0, 0.05) is 22.8 Å². The number of benzene rings is 3. The van der Waals surface area contributed by atoms with Gasteiger partial charge in [-0.2, -0.15) is 10.3 Å². The number of aromatic nitrogens is 4. The summed E-state index contributed by atoms with van der Waals surface area (Å²) in [5, 5.41) is 18.7. The van der Waals surface area contributed by atoms with Crippen LogP contribution in [0.4, 0.5) is 18.0 Å². The van der Waals surface area contributed by atoms with E-state index in [2.05, 4.69) is 51.1 Å². The Hall–Kier alpha value is -5.48. The average molecular weight is 630 g/mol. The number of ether oxygens (including phenoxy) is 1. The predicted octanol–water partition coefficient (Wildman–Crippen LogP) is 7.29. The highest BCUT2D eigenvalue weighted by Gasteiger charge is 2.31. The zero-order chi connectivity index (χ0) is 32.1. The van der Waals surface area contributed by atoms with Crippen LogP contribution in [0.3, 0.4) is 0 Å². The minimum absolute atomic E-state index is 0.213. The molecule has 0 atom stereocenters. The number of amides is 2. The molecule has 0 bridgehead atoms. The zero-order valence-electron chi connectivity index (χ0n) is 24.3. The smallest absolute Gasteiger partial charge is 0.406 e. The van der Waals surface area contributed by atoms with Gasteiger partial charge in [0.1, 0.15) is 18.1 Å². The summed E-state index contributed by atoms with van der Waals surface area (Å²) in [6, 6.07) is 21.5. The van der Waals surface area contributed by atoms with E-state index >= 15 is 0 Å². The van der Waals surface area contributed by atoms with Crippen molar-refractivity contribution in [2.24, 2.45) is 4.99 Å². The monoisotopic (exact) mass is 629 g/mol. The van der Waals surface area contributed by atoms with Gasteiger partial charge in [-0.05, 0) is 54.3 Å². The fourth-order valence-corrected chi connectivity index (χ4v) is 5.36. The van der Waals surface area contributed by atoms with Crippen molar-refractivity contribution in [2.45, 2.75) is 33.1 Å². The van der Waals surface area contributed by atoms with Crippen LogP contribution in [0.5, 0.6) is 5.75 Å². The number of aryl methyl sites for hydroxylation is 1. The van der Waals surface area contributed by atoms with Gasteiger partial charge in [-0.1, -0.05) is 56.3 Å². The van der Waals surface area contributed by atoms with E-state index in [9.17, 15) is 23.2 Å². The molecule has 0 fully saturated rings. The molecule has 0 radical (unpaired) electrons. The van der Waals surface area contributed by atoms with Crippen LogP contribution >= 0.6 is 11.3 Å². The molecule has 228 valence electrons. The summed E-state index contributed by atoms with van der Waals surface area (Å²) in [4.78, 5) is 21.8. The van der Waals surface area contributed by atoms with Gasteiger partial charge in [0.25, 0.3) is 0 Å². The number of carbonyl (C=O) groups excluding carboxylic acids is 1. The van der Waals surface area contributed by atoms with Crippen LogP contribution in [0.25, 0.3) is 28.3 Å². The SMILES string of the molecule is Cc1csc(=NC(=O)N/C=C(\C#N)c2ccc(-c3ncn(-c4ccc(OC(F)(F)F)cc4)n3)cc2)n1-c1ccccc1C(C)C. The molecule has 1 N–H and O–H groups in total. The maximum atomic E-state index is 12.8. The van der Waals surface area contributed by atoms with Crippen molar-refractivity contribution in [2.75, 3.05) is 0 Å². The summed E-state index contributed by atoms with van der Waals surface area (Å²) >= 11 is 1.35. The van der Waals surface area contributed by atoms with Crippen molar-refractivity contribution in [1.29, 1.82) is 5.26 Å². The maximum absolute atomic E-state index is 12.8. The second kappa shape index (κ2) is 13.0. The van der Waals surface area contributed by atoms with Gasteiger partial charge in [0.2, 0.25) is 0 Å². The van der Waals surface area contributed by atoms with Gasteiger partial charge in [0.05, 0.1) is 16.9 Å². The number of alkyl halides is 3. The lowest BCUT2D eigenvalue weighted by Gasteiger charge is -2.14. The number of nitrogens with zero attached hydrogens (tertiary/aromatic N) is 6. The van der Waals surface area contributed by atoms with E-state index in [-0.39, 0.29) is 17.2 Å². The number of urea groups is 1. The van der Waals surface area contributed by atoms with Crippen molar-refractivity contribution < 1.29 is 22.7 Å². The summed E-state index contributed by atoms with van der Waals surface area (Å²) in [5.74, 6) is 0.299. The number of carbonyl (C=O) groups is 1. The van der Waals surface area contributed by atoms with Gasteiger partial charge >= 0.3 is 12.4 Å². The third kappa shape index (κ3) is 7.36. The Bertz CT molecular complexity index is 1960. The van der Waals surface area contributed by atoms with Gasteiger partial charge in [0.15, 0.2) is 10.6 Å². The number of hydrogen-bond donors (Lipinski definition) is 1. The number of nitriles is 1. The fraction of sp³-hybridized carbons (Fsp3) is 0.156. The van der Waals surface area contributed by atoms with Crippen molar-refractivity contribution in [3.8, 4) is 34.6 Å². The fourth-order valence-electron chi connectivity index (χ4n) is 4.50. The molecule has 0 aliphatic carbocycles. The molecule has 2 heterocycles. The lowest BCUT2D eigenvalue weighted by Crippen LogP contribution is -2.22. The summed E-state index contributed by atoms with van der Waals surface area (Å²) in [5.41, 5.74) is 4.93. The molecule has 45 heavy (non-hydrogen) atoms. The van der Waals surface area contributed by atoms with Crippen molar-refractivity contribution in [1.82, 2.24) is 24.6 Å². The molecule has 0 aliphatic rings. The Kier molecular flexibility index (Phi) is 8.96. The Labute approximate surface area is 260 Å². The highest BCUT2D eigenvalue weighted by atomic mass is 32.1. The molecule has 0 saturated heterocycles. The quantitative estimate of drug-likeness (QED) is 0.190. The third-order valence-corrected chi connectivity index (χ3v) is 7.56. The van der Waals surface area contributed by atoms with Crippen molar-refractivity contribution >= 4 is 22.9 Å². The lowest BCUT2D eigenvalue weighted by atomic mass is 10.0. The van der Waals surface area contributed by atoms with Crippen LogP contribution < -0.4 is 14.9 Å². The number of rotatable bonds is 7. The first-order chi connectivity index (χ1) is 21.5. The Morgan fingerprint density at radius 2 is 1.80 bits per heavy atom. The normalized spacial score (nSPS) is 12.3. The van der Waals surface area contributed by atoms with Gasteiger partial charge in [-0.25, -0.2) is 14.5 Å². The van der Waals surface area contributed by atoms with Gasteiger partial charge < -0.3 is 10.1 Å². The summed E-state index contributed by atoms with van der Waals surface area (Å²) in [6.45, 7) is 6.17. The molecule has 0 aliphatic heterocycles. The predicted molar refractivity (Wildman–Crippen MR) is 164 cm³/mol. The molecule has 2 amide bonds. The zero-order valence-corrected chi connectivity index (χ0v) is 25.1. The number of nitrogens with one attached hydrogen (secondary N) is 1. The van der Waals surface area contributed by atoms with Crippen LogP contribution in [0, 0.1) is 18.3 Å². The van der Waals surface area contributed by atoms with Gasteiger partial charge in [-0.3, -0.25) is 4.57 Å². The summed E-state index contributed by atoms with van der Waals surface area (Å²) < 4.78 is 44.5. The standard InChI is InChI=1S/C32H26F3N7O2S/c1-20(2)27-6-4-5-7-28(27)42-21(3)18-45-31(42)39-30(43)37-17-24(16-36)22-8-10-23(11-9-22)29-38-19-41(40-29)25-12-14-26(15-13-25)44-32(33,34)35/h4-15,17-20H,1-3H3,(H,37,43)/b24-17+,39-31?. The molecule has 0 saturated carbocycles. The minimum atomic E-state index is -4.78. The van der Waals surface area contributed by atoms with E-state index in [0.717, 1.165) is 16.9 Å². The minimum Gasteiger partial charge on any atom is -0.406 e. The van der Waals surface area contributed by atoms with E-state index in [4.69, 9.17) is 0 Å². The van der Waals surface area contributed by atoms with E-state index in [1.165, 1.54) is 52.8 Å². The number of hydrogen-bond acceptors (Lipinski definition) is 6. The first kappa shape index (κ1) is 31.0. The number of para-hydroxylation sites is 1. The molecule has 0 unspecified atom stereocenters. The average Bonchev–Trinajstić information content (AvgIpc) is 3.64. The second-order valence-corrected chi connectivity index (χ2v) is 10.9. The van der Waals surface area contributed by atoms with Crippen LogP contribution in [0.15, 0.2) is 95.7 Å². The van der Waals surface area contributed by atoms with Crippen molar-refractivity contribution in [3.05, 3.63) is 112 Å². The molecule has 0 spiro atoms. The van der Waals surface area contributed by atoms with E-state index in [1.807, 2.05) is 35.1 Å². The van der Waals surface area contributed by atoms with Gasteiger partial charge in [-0.15, -0.1) is 29.6 Å². The topological polar surface area (TPSA) is 110 Å². The summed E-state index contributed by atoms with van der Waals surface area (Å²) in [6.07, 6.45) is -2.03. The molecule has 5 aromatic rings. The Morgan fingerprint density at radius 3 is 2.47 bits per heavy atom. The number of allylic oxidation sites excluding steroid dienone is 1. The highest BCUT2D eigenvalue weighted by molar-refractivity contribution is 7.07. The first-order valence-corrected chi connectivity index (χ1v) is 14.5. The summed E-state index contributed by atoms with van der Waals surface area (Å²) in [7, 11) is 0. The molecule has 2 aromatic heterocycles. The van der Waals surface area contributed by atoms with Crippen LogP contribution in [0.1, 0.15) is 36.6 Å². The largest absolute Gasteiger partial charge is 0.573 e. The van der Waals surface area contributed by atoms with Crippen LogP contribution in [-0.4, -0.2) is 31.7 Å². The lowest BCUT2D eigenvalue weighted by molar-refractivity contribution is -0.274. The highest BCUT2D eigenvalue weighted by Crippen LogP contribution is 2.25. The van der Waals surface area contributed by atoms with Crippen molar-refractivity contribution in [3.63, 3.8) is 0 Å². The molecule has 5 rings (SSSR count). The van der Waals surface area contributed by atoms with E-state index < -0.39 is 12.4 Å². The molecular weight excluding hydrogens is 603 g/mol. The molecule has 13 heteroatoms. The second-order valence-electron chi connectivity index (χ2n) is 10.1. The number of thiazole rings is 1. The molecular formula is C32H26F3N7O2S. The maximum Gasteiger partial charge on any atom is 0.573 e. The Balaban J connectivity index is 1.30. The van der Waals surface area contributed by atoms with Crippen LogP contribution in [-0.2, 0) is 0 Å². The molecule has 3 aromatic carbocycles. The third-order valence-electron chi connectivity index (χ3n) is 6.62. The Morgan fingerprint density at radius 1 is 1.09 bits per heavy atom. The number of halogens is 3. The first-order valence-electron chi connectivity index (χ1n) is 13.6. The van der Waals surface area contributed by atoms with E-state index in [1.54, 1.807) is 24.3 Å². The van der Waals surface area contributed by atoms with E-state index in [0.29, 0.717) is 27.4 Å². The van der Waals surface area contributed by atoms with Crippen LogP contribution in [0.2, 0.25) is 0 Å².